The highest BCUT2D eigenvalue weighted by Gasteiger charge is 2.24. The van der Waals surface area contributed by atoms with Crippen molar-refractivity contribution in [2.75, 3.05) is 13.3 Å². The Morgan fingerprint density at radius 2 is 1.67 bits per heavy atom. The molecule has 0 aliphatic rings. The first-order chi connectivity index (χ1) is 8.42. The number of carbonyl (C=O) groups is 3. The monoisotopic (exact) mass is 264 g/mol. The van der Waals surface area contributed by atoms with Crippen molar-refractivity contribution in [2.24, 2.45) is 0 Å². The maximum Gasteiger partial charge on any atom is 0.328 e. The number of rotatable bonds is 9. The van der Waals surface area contributed by atoms with Crippen LogP contribution in [0.15, 0.2) is 0 Å². The smallest absolute Gasteiger partial charge is 0.328 e. The molecular weight excluding hydrogens is 248 g/mol. The Morgan fingerprint density at radius 3 is 2.06 bits per heavy atom. The number of aliphatic carboxylic acids is 2. The second-order valence-electron chi connectivity index (χ2n) is 3.43. The van der Waals surface area contributed by atoms with E-state index in [-0.39, 0.29) is 12.8 Å². The number of aliphatic hydroxyl groups is 2. The molecule has 9 nitrogen and oxygen atoms in total. The highest BCUT2D eigenvalue weighted by molar-refractivity contribution is 5.87. The van der Waals surface area contributed by atoms with Crippen molar-refractivity contribution in [1.29, 1.82) is 0 Å². The van der Waals surface area contributed by atoms with E-state index < -0.39 is 43.3 Å². The van der Waals surface area contributed by atoms with Crippen LogP contribution < -0.4 is 10.6 Å². The van der Waals surface area contributed by atoms with Crippen LogP contribution >= 0.6 is 0 Å². The first kappa shape index (κ1) is 16.3. The average molecular weight is 264 g/mol. The minimum Gasteiger partial charge on any atom is -0.481 e. The van der Waals surface area contributed by atoms with E-state index in [0.29, 0.717) is 0 Å². The summed E-state index contributed by atoms with van der Waals surface area (Å²) in [4.78, 5) is 32.5. The normalized spacial score (nSPS) is 13.7. The lowest BCUT2D eigenvalue weighted by molar-refractivity contribution is -0.143. The van der Waals surface area contributed by atoms with Crippen molar-refractivity contribution >= 4 is 17.8 Å². The van der Waals surface area contributed by atoms with E-state index in [0.717, 1.165) is 0 Å². The van der Waals surface area contributed by atoms with E-state index in [4.69, 9.17) is 20.4 Å². The van der Waals surface area contributed by atoms with Gasteiger partial charge >= 0.3 is 11.9 Å². The van der Waals surface area contributed by atoms with Crippen molar-refractivity contribution in [3.63, 3.8) is 0 Å². The Labute approximate surface area is 102 Å². The summed E-state index contributed by atoms with van der Waals surface area (Å²) in [6, 6.07) is -2.51. The van der Waals surface area contributed by atoms with Crippen LogP contribution in [0.1, 0.15) is 12.8 Å². The van der Waals surface area contributed by atoms with Crippen LogP contribution in [0.5, 0.6) is 0 Å². The summed E-state index contributed by atoms with van der Waals surface area (Å²) >= 11 is 0. The third kappa shape index (κ3) is 6.13. The molecule has 2 unspecified atom stereocenters. The predicted octanol–water partition coefficient (Wildman–Crippen LogP) is -2.68. The fourth-order valence-electron chi connectivity index (χ4n) is 1.16. The van der Waals surface area contributed by atoms with Crippen molar-refractivity contribution in [3.05, 3.63) is 0 Å². The van der Waals surface area contributed by atoms with E-state index >= 15 is 0 Å². The van der Waals surface area contributed by atoms with Gasteiger partial charge in [-0.2, -0.15) is 0 Å². The maximum atomic E-state index is 11.6. The van der Waals surface area contributed by atoms with Crippen LogP contribution in [0.2, 0.25) is 0 Å². The van der Waals surface area contributed by atoms with E-state index in [1.54, 1.807) is 0 Å². The second-order valence-corrected chi connectivity index (χ2v) is 3.43. The highest BCUT2D eigenvalue weighted by atomic mass is 16.4. The van der Waals surface area contributed by atoms with Crippen molar-refractivity contribution < 1.29 is 34.8 Å². The van der Waals surface area contributed by atoms with Gasteiger partial charge in [0, 0.05) is 6.42 Å². The molecule has 0 fully saturated rings. The fourth-order valence-corrected chi connectivity index (χ4v) is 1.16. The second kappa shape index (κ2) is 8.39. The summed E-state index contributed by atoms with van der Waals surface area (Å²) in [5.41, 5.74) is 0. The van der Waals surface area contributed by atoms with Gasteiger partial charge in [0.15, 0.2) is 0 Å². The van der Waals surface area contributed by atoms with Gasteiger partial charge in [0.05, 0.1) is 19.4 Å². The standard InChI is InChI=1S/C9H16N2O7/c12-3-6(9(17)18)11-8(16)5(10-4-13)1-2-7(14)15/h5-6,10,12-13H,1-4H2,(H,11,16)(H,14,15)(H,17,18). The Hall–Kier alpha value is -1.71. The van der Waals surface area contributed by atoms with Gasteiger partial charge in [-0.15, -0.1) is 0 Å². The molecule has 0 rings (SSSR count). The molecule has 0 heterocycles. The van der Waals surface area contributed by atoms with Crippen molar-refractivity contribution in [3.8, 4) is 0 Å². The lowest BCUT2D eigenvalue weighted by Gasteiger charge is -2.19. The average Bonchev–Trinajstić information content (AvgIpc) is 2.30. The summed E-state index contributed by atoms with van der Waals surface area (Å²) in [5, 5.41) is 38.8. The van der Waals surface area contributed by atoms with Gasteiger partial charge in [0.1, 0.15) is 6.04 Å². The van der Waals surface area contributed by atoms with Gasteiger partial charge in [0.2, 0.25) is 5.91 Å². The molecular formula is C9H16N2O7. The summed E-state index contributed by atoms with van der Waals surface area (Å²) in [7, 11) is 0. The zero-order chi connectivity index (χ0) is 14.1. The summed E-state index contributed by atoms with van der Waals surface area (Å²) in [6.07, 6.45) is -0.429. The van der Waals surface area contributed by atoms with E-state index in [1.807, 2.05) is 5.32 Å². The van der Waals surface area contributed by atoms with Gasteiger partial charge in [-0.25, -0.2) is 4.79 Å². The Kier molecular flexibility index (Phi) is 7.59. The number of hydrogen-bond donors (Lipinski definition) is 6. The Morgan fingerprint density at radius 1 is 1.06 bits per heavy atom. The quantitative estimate of drug-likeness (QED) is 0.246. The minimum absolute atomic E-state index is 0.112. The molecule has 0 radical (unpaired) electrons. The van der Waals surface area contributed by atoms with Crippen LogP contribution in [-0.2, 0) is 14.4 Å². The predicted molar refractivity (Wildman–Crippen MR) is 57.5 cm³/mol. The first-order valence-electron chi connectivity index (χ1n) is 5.12. The molecule has 0 saturated heterocycles. The topological polar surface area (TPSA) is 156 Å². The molecule has 1 amide bonds. The molecule has 0 bridgehead atoms. The molecule has 18 heavy (non-hydrogen) atoms. The lowest BCUT2D eigenvalue weighted by Crippen LogP contribution is -2.51. The van der Waals surface area contributed by atoms with Crippen molar-refractivity contribution in [1.82, 2.24) is 10.6 Å². The summed E-state index contributed by atoms with van der Waals surface area (Å²) < 4.78 is 0. The van der Waals surface area contributed by atoms with Crippen LogP contribution in [0.3, 0.4) is 0 Å². The molecule has 0 aliphatic carbocycles. The van der Waals surface area contributed by atoms with Gasteiger partial charge in [-0.1, -0.05) is 0 Å². The van der Waals surface area contributed by atoms with Gasteiger partial charge in [-0.3, -0.25) is 14.9 Å². The van der Waals surface area contributed by atoms with Gasteiger partial charge in [-0.05, 0) is 6.42 Å². The van der Waals surface area contributed by atoms with Crippen LogP contribution in [0.4, 0.5) is 0 Å². The zero-order valence-corrected chi connectivity index (χ0v) is 9.50. The Bertz CT molecular complexity index is 307. The number of nitrogens with one attached hydrogen (secondary N) is 2. The Balaban J connectivity index is 4.45. The SMILES string of the molecule is O=C(O)CCC(NCO)C(=O)NC(CO)C(=O)O. The number of amides is 1. The largest absolute Gasteiger partial charge is 0.481 e. The molecule has 0 aromatic rings. The van der Waals surface area contributed by atoms with Gasteiger partial charge < -0.3 is 25.7 Å². The molecule has 6 N–H and O–H groups in total. The highest BCUT2D eigenvalue weighted by Crippen LogP contribution is 1.99. The molecule has 0 aliphatic heterocycles. The lowest BCUT2D eigenvalue weighted by atomic mass is 10.1. The molecule has 104 valence electrons. The fraction of sp³-hybridized carbons (Fsp3) is 0.667. The van der Waals surface area contributed by atoms with Crippen LogP contribution in [-0.4, -0.2) is 63.7 Å². The minimum atomic E-state index is -1.47. The third-order valence-electron chi connectivity index (χ3n) is 2.10. The third-order valence-corrected chi connectivity index (χ3v) is 2.10. The summed E-state index contributed by atoms with van der Waals surface area (Å²) in [5.74, 6) is -3.33. The number of aliphatic hydroxyl groups excluding tert-OH is 2. The van der Waals surface area contributed by atoms with E-state index in [2.05, 4.69) is 5.32 Å². The van der Waals surface area contributed by atoms with Crippen LogP contribution in [0, 0.1) is 0 Å². The molecule has 0 saturated carbocycles. The number of hydrogen-bond acceptors (Lipinski definition) is 6. The van der Waals surface area contributed by atoms with E-state index in [1.165, 1.54) is 0 Å². The number of carboxylic acid groups (broad SMARTS) is 2. The van der Waals surface area contributed by atoms with E-state index in [9.17, 15) is 14.4 Å². The molecule has 0 aromatic carbocycles. The van der Waals surface area contributed by atoms with Gasteiger partial charge in [0.25, 0.3) is 0 Å². The maximum absolute atomic E-state index is 11.6. The number of carbonyl (C=O) groups excluding carboxylic acids is 1. The molecule has 0 spiro atoms. The summed E-state index contributed by atoms with van der Waals surface area (Å²) in [6.45, 7) is -1.35. The van der Waals surface area contributed by atoms with Crippen LogP contribution in [0.25, 0.3) is 0 Å². The van der Waals surface area contributed by atoms with Crippen molar-refractivity contribution in [2.45, 2.75) is 24.9 Å². The molecule has 9 heteroatoms. The molecule has 2 atom stereocenters. The first-order valence-corrected chi connectivity index (χ1v) is 5.12. The zero-order valence-electron chi connectivity index (χ0n) is 9.50. The number of carboxylic acids is 2. The molecule has 0 aromatic heterocycles.